The van der Waals surface area contributed by atoms with Crippen molar-refractivity contribution in [2.75, 3.05) is 0 Å². The van der Waals surface area contributed by atoms with Gasteiger partial charge in [0.1, 0.15) is 5.82 Å². The van der Waals surface area contributed by atoms with Gasteiger partial charge in [0.15, 0.2) is 0 Å². The van der Waals surface area contributed by atoms with Gasteiger partial charge in [-0.05, 0) is 35.1 Å². The minimum atomic E-state index is -0.222. The lowest BCUT2D eigenvalue weighted by Gasteiger charge is -2.08. The molecule has 1 aliphatic rings. The lowest BCUT2D eigenvalue weighted by molar-refractivity contribution is -0.122. The van der Waals surface area contributed by atoms with Gasteiger partial charge < -0.3 is 9.88 Å². The van der Waals surface area contributed by atoms with Crippen molar-refractivity contribution in [1.82, 2.24) is 14.9 Å². The number of carbonyl (C=O) groups is 1. The first kappa shape index (κ1) is 16.5. The number of nitrogens with one attached hydrogen (secondary N) is 1. The van der Waals surface area contributed by atoms with E-state index in [-0.39, 0.29) is 23.6 Å². The molecule has 132 valence electrons. The van der Waals surface area contributed by atoms with Gasteiger partial charge in [0.2, 0.25) is 5.91 Å². The predicted molar refractivity (Wildman–Crippen MR) is 96.9 cm³/mol. The van der Waals surface area contributed by atoms with Gasteiger partial charge in [-0.1, -0.05) is 42.5 Å². The molecule has 2 atom stereocenters. The summed E-state index contributed by atoms with van der Waals surface area (Å²) in [5.74, 6) is -0.344. The van der Waals surface area contributed by atoms with Crippen molar-refractivity contribution in [3.63, 3.8) is 0 Å². The molecule has 3 aromatic rings. The Labute approximate surface area is 151 Å². The van der Waals surface area contributed by atoms with Gasteiger partial charge in [-0.25, -0.2) is 9.37 Å². The van der Waals surface area contributed by atoms with Crippen LogP contribution in [-0.4, -0.2) is 15.5 Å². The molecule has 2 aromatic carbocycles. The van der Waals surface area contributed by atoms with Gasteiger partial charge in [0.05, 0.1) is 6.33 Å². The minimum absolute atomic E-state index is 0.00161. The second-order valence-electron chi connectivity index (χ2n) is 6.74. The average molecular weight is 349 g/mol. The number of hydrogen-bond acceptors (Lipinski definition) is 2. The van der Waals surface area contributed by atoms with E-state index in [4.69, 9.17) is 0 Å². The van der Waals surface area contributed by atoms with Crippen molar-refractivity contribution in [1.29, 1.82) is 0 Å². The van der Waals surface area contributed by atoms with Crippen molar-refractivity contribution in [2.24, 2.45) is 5.92 Å². The van der Waals surface area contributed by atoms with Crippen LogP contribution in [0.5, 0.6) is 0 Å². The maximum Gasteiger partial charge on any atom is 0.224 e. The SMILES string of the molecule is O=C(NCc1cccc(Cn2ccnc2)c1)[C@@H]1C[C@H]1c1ccccc1F. The summed E-state index contributed by atoms with van der Waals surface area (Å²) in [7, 11) is 0. The highest BCUT2D eigenvalue weighted by Crippen LogP contribution is 2.48. The molecule has 1 amide bonds. The molecular weight excluding hydrogens is 329 g/mol. The Balaban J connectivity index is 1.33. The quantitative estimate of drug-likeness (QED) is 0.740. The third-order valence-corrected chi connectivity index (χ3v) is 4.81. The van der Waals surface area contributed by atoms with Crippen LogP contribution in [-0.2, 0) is 17.9 Å². The predicted octanol–water partition coefficient (Wildman–Crippen LogP) is 3.49. The summed E-state index contributed by atoms with van der Waals surface area (Å²) >= 11 is 0. The molecule has 1 aromatic heterocycles. The number of halogens is 1. The van der Waals surface area contributed by atoms with Gasteiger partial charge in [0, 0.05) is 31.4 Å². The number of hydrogen-bond donors (Lipinski definition) is 1. The summed E-state index contributed by atoms with van der Waals surface area (Å²) in [6, 6.07) is 14.8. The van der Waals surface area contributed by atoms with Crippen molar-refractivity contribution in [2.45, 2.75) is 25.4 Å². The Morgan fingerprint density at radius 2 is 2.04 bits per heavy atom. The topological polar surface area (TPSA) is 46.9 Å². The van der Waals surface area contributed by atoms with Crippen LogP contribution in [0.25, 0.3) is 0 Å². The van der Waals surface area contributed by atoms with Crippen LogP contribution in [0.1, 0.15) is 29.0 Å². The fourth-order valence-corrected chi connectivity index (χ4v) is 3.35. The van der Waals surface area contributed by atoms with E-state index in [0.29, 0.717) is 18.5 Å². The third kappa shape index (κ3) is 3.67. The maximum atomic E-state index is 13.8. The number of aromatic nitrogens is 2. The van der Waals surface area contributed by atoms with Gasteiger partial charge in [-0.2, -0.15) is 0 Å². The summed E-state index contributed by atoms with van der Waals surface area (Å²) in [6.07, 6.45) is 6.17. The summed E-state index contributed by atoms with van der Waals surface area (Å²) in [4.78, 5) is 16.4. The molecule has 5 heteroatoms. The highest BCUT2D eigenvalue weighted by Gasteiger charge is 2.44. The van der Waals surface area contributed by atoms with Crippen molar-refractivity contribution in [3.05, 3.63) is 89.8 Å². The van der Waals surface area contributed by atoms with E-state index in [2.05, 4.69) is 22.4 Å². The van der Waals surface area contributed by atoms with Crippen molar-refractivity contribution < 1.29 is 9.18 Å². The zero-order chi connectivity index (χ0) is 17.9. The molecule has 0 radical (unpaired) electrons. The van der Waals surface area contributed by atoms with E-state index in [9.17, 15) is 9.18 Å². The Kier molecular flexibility index (Phi) is 4.52. The molecule has 0 saturated heterocycles. The number of rotatable bonds is 6. The molecule has 26 heavy (non-hydrogen) atoms. The van der Waals surface area contributed by atoms with E-state index >= 15 is 0 Å². The molecular formula is C21H20FN3O. The molecule has 1 saturated carbocycles. The zero-order valence-corrected chi connectivity index (χ0v) is 14.3. The number of benzene rings is 2. The maximum absolute atomic E-state index is 13.8. The molecule has 1 aliphatic carbocycles. The van der Waals surface area contributed by atoms with Crippen LogP contribution >= 0.6 is 0 Å². The van der Waals surface area contributed by atoms with E-state index in [1.165, 1.54) is 6.07 Å². The highest BCUT2D eigenvalue weighted by molar-refractivity contribution is 5.82. The second kappa shape index (κ2) is 7.12. The normalized spacial score (nSPS) is 18.5. The van der Waals surface area contributed by atoms with E-state index < -0.39 is 0 Å². The molecule has 1 fully saturated rings. The molecule has 4 nitrogen and oxygen atoms in total. The van der Waals surface area contributed by atoms with E-state index in [1.54, 1.807) is 24.7 Å². The number of carbonyl (C=O) groups excluding carboxylic acids is 1. The lowest BCUT2D eigenvalue weighted by Crippen LogP contribution is -2.25. The molecule has 0 unspecified atom stereocenters. The third-order valence-electron chi connectivity index (χ3n) is 4.81. The first-order valence-corrected chi connectivity index (χ1v) is 8.76. The fraction of sp³-hybridized carbons (Fsp3) is 0.238. The Hall–Kier alpha value is -2.95. The van der Waals surface area contributed by atoms with Crippen LogP contribution in [0, 0.1) is 11.7 Å². The van der Waals surface area contributed by atoms with Gasteiger partial charge in [-0.15, -0.1) is 0 Å². The van der Waals surface area contributed by atoms with Gasteiger partial charge in [-0.3, -0.25) is 4.79 Å². The summed E-state index contributed by atoms with van der Waals surface area (Å²) < 4.78 is 15.8. The van der Waals surface area contributed by atoms with Crippen LogP contribution in [0.4, 0.5) is 4.39 Å². The fourth-order valence-electron chi connectivity index (χ4n) is 3.35. The van der Waals surface area contributed by atoms with E-state index in [1.807, 2.05) is 29.0 Å². The lowest BCUT2D eigenvalue weighted by atomic mass is 10.1. The van der Waals surface area contributed by atoms with Crippen molar-refractivity contribution in [3.8, 4) is 0 Å². The Morgan fingerprint density at radius 3 is 2.85 bits per heavy atom. The summed E-state index contributed by atoms with van der Waals surface area (Å²) in [5.41, 5.74) is 2.86. The molecule has 0 bridgehead atoms. The van der Waals surface area contributed by atoms with Gasteiger partial charge in [0.25, 0.3) is 0 Å². The Morgan fingerprint density at radius 1 is 1.19 bits per heavy atom. The summed E-state index contributed by atoms with van der Waals surface area (Å²) in [5, 5.41) is 2.99. The molecule has 1 heterocycles. The smallest absolute Gasteiger partial charge is 0.224 e. The first-order chi connectivity index (χ1) is 12.7. The second-order valence-corrected chi connectivity index (χ2v) is 6.74. The van der Waals surface area contributed by atoms with Crippen LogP contribution in [0.3, 0.4) is 0 Å². The molecule has 0 aliphatic heterocycles. The molecule has 1 N–H and O–H groups in total. The summed E-state index contributed by atoms with van der Waals surface area (Å²) in [6.45, 7) is 1.23. The van der Waals surface area contributed by atoms with Gasteiger partial charge >= 0.3 is 0 Å². The minimum Gasteiger partial charge on any atom is -0.352 e. The molecule has 4 rings (SSSR count). The van der Waals surface area contributed by atoms with Crippen LogP contribution < -0.4 is 5.32 Å². The van der Waals surface area contributed by atoms with Crippen molar-refractivity contribution >= 4 is 5.91 Å². The number of imidazole rings is 1. The molecule has 0 spiro atoms. The van der Waals surface area contributed by atoms with Crippen LogP contribution in [0.15, 0.2) is 67.3 Å². The number of amides is 1. The highest BCUT2D eigenvalue weighted by atomic mass is 19.1. The average Bonchev–Trinajstić information content (AvgIpc) is 3.28. The first-order valence-electron chi connectivity index (χ1n) is 8.76. The monoisotopic (exact) mass is 349 g/mol. The van der Waals surface area contributed by atoms with Crippen LogP contribution in [0.2, 0.25) is 0 Å². The number of nitrogens with zero attached hydrogens (tertiary/aromatic N) is 2. The standard InChI is InChI=1S/C21H20FN3O/c22-20-7-2-1-6-17(20)18-11-19(18)21(26)24-12-15-4-3-5-16(10-15)13-25-9-8-23-14-25/h1-10,14,18-19H,11-13H2,(H,24,26)/t18-,19+/m0/s1. The Bertz CT molecular complexity index is 907. The van der Waals surface area contributed by atoms with E-state index in [0.717, 1.165) is 17.7 Å². The largest absolute Gasteiger partial charge is 0.352 e. The zero-order valence-electron chi connectivity index (χ0n) is 14.3.